The van der Waals surface area contributed by atoms with E-state index >= 15 is 0 Å². The summed E-state index contributed by atoms with van der Waals surface area (Å²) in [6.45, 7) is 1.59. The van der Waals surface area contributed by atoms with Gasteiger partial charge in [0.15, 0.2) is 0 Å². The van der Waals surface area contributed by atoms with E-state index in [-0.39, 0.29) is 40.7 Å². The predicted molar refractivity (Wildman–Crippen MR) is 136 cm³/mol. The molecule has 0 spiro atoms. The van der Waals surface area contributed by atoms with Gasteiger partial charge in [0.1, 0.15) is 6.54 Å². The third kappa shape index (κ3) is 4.41. The number of nitrogens with one attached hydrogen (secondary N) is 2. The molecule has 0 atom stereocenters. The Kier molecular flexibility index (Phi) is 6.17. The van der Waals surface area contributed by atoms with Crippen LogP contribution in [0.5, 0.6) is 0 Å². The Morgan fingerprint density at radius 1 is 1.06 bits per heavy atom. The Balaban J connectivity index is 1.51. The summed E-state index contributed by atoms with van der Waals surface area (Å²) in [6, 6.07) is 12.1. The monoisotopic (exact) mass is 488 g/mol. The zero-order chi connectivity index (χ0) is 25.4. The zero-order valence-electron chi connectivity index (χ0n) is 20.3. The summed E-state index contributed by atoms with van der Waals surface area (Å²) in [7, 11) is 1.52. The number of carbonyl (C=O) groups is 2. The van der Waals surface area contributed by atoms with Crippen LogP contribution in [0.25, 0.3) is 16.7 Å². The summed E-state index contributed by atoms with van der Waals surface area (Å²) in [5.41, 5.74) is 1.32. The van der Waals surface area contributed by atoms with Crippen molar-refractivity contribution in [2.45, 2.75) is 51.6 Å². The van der Waals surface area contributed by atoms with Crippen molar-refractivity contribution in [3.63, 3.8) is 0 Å². The molecule has 4 aromatic rings. The van der Waals surface area contributed by atoms with E-state index in [0.717, 1.165) is 35.9 Å². The SMILES string of the molecule is Cc1cccc(NC(=O)Cn2nc3n(C)c(=O)c4ccc(C(=O)NC5CCCCC5)cc4n3c2=O)c1. The molecule has 10 heteroatoms. The van der Waals surface area contributed by atoms with Crippen molar-refractivity contribution in [2.75, 3.05) is 5.32 Å². The van der Waals surface area contributed by atoms with Crippen LogP contribution in [-0.2, 0) is 18.4 Å². The molecular weight excluding hydrogens is 460 g/mol. The molecule has 1 aliphatic carbocycles. The van der Waals surface area contributed by atoms with Crippen molar-refractivity contribution in [3.8, 4) is 0 Å². The Labute approximate surface area is 206 Å². The molecule has 2 heterocycles. The van der Waals surface area contributed by atoms with Crippen molar-refractivity contribution < 1.29 is 9.59 Å². The van der Waals surface area contributed by atoms with E-state index in [1.165, 1.54) is 22.4 Å². The van der Waals surface area contributed by atoms with Crippen LogP contribution in [0.3, 0.4) is 0 Å². The first-order valence-electron chi connectivity index (χ1n) is 12.1. The molecule has 1 fully saturated rings. The number of carbonyl (C=O) groups excluding carboxylic acids is 2. The Bertz CT molecular complexity index is 1610. The highest BCUT2D eigenvalue weighted by atomic mass is 16.2. The van der Waals surface area contributed by atoms with Gasteiger partial charge in [-0.05, 0) is 55.7 Å². The third-order valence-electron chi connectivity index (χ3n) is 6.69. The van der Waals surface area contributed by atoms with Crippen LogP contribution in [0.15, 0.2) is 52.1 Å². The molecule has 2 N–H and O–H groups in total. The van der Waals surface area contributed by atoms with Crippen molar-refractivity contribution in [1.29, 1.82) is 0 Å². The van der Waals surface area contributed by atoms with E-state index < -0.39 is 11.6 Å². The fourth-order valence-corrected chi connectivity index (χ4v) is 4.81. The molecule has 0 radical (unpaired) electrons. The van der Waals surface area contributed by atoms with Gasteiger partial charge in [-0.15, -0.1) is 5.10 Å². The quantitative estimate of drug-likeness (QED) is 0.447. The normalized spacial score (nSPS) is 14.3. The molecule has 0 unspecified atom stereocenters. The number of amides is 2. The highest BCUT2D eigenvalue weighted by Gasteiger charge is 2.20. The Morgan fingerprint density at radius 3 is 2.58 bits per heavy atom. The van der Waals surface area contributed by atoms with Crippen molar-refractivity contribution >= 4 is 34.2 Å². The Hall–Kier alpha value is -4.21. The van der Waals surface area contributed by atoms with Gasteiger partial charge in [0.2, 0.25) is 11.7 Å². The first-order valence-corrected chi connectivity index (χ1v) is 12.1. The van der Waals surface area contributed by atoms with Crippen molar-refractivity contribution in [1.82, 2.24) is 24.1 Å². The minimum atomic E-state index is -0.574. The maximum Gasteiger partial charge on any atom is 0.352 e. The maximum atomic E-state index is 13.3. The van der Waals surface area contributed by atoms with Crippen molar-refractivity contribution in [3.05, 3.63) is 74.4 Å². The molecule has 2 aromatic carbocycles. The molecule has 0 aliphatic heterocycles. The molecule has 2 amide bonds. The largest absolute Gasteiger partial charge is 0.352 e. The van der Waals surface area contributed by atoms with Gasteiger partial charge in [-0.2, -0.15) is 0 Å². The highest BCUT2D eigenvalue weighted by molar-refractivity contribution is 5.98. The van der Waals surface area contributed by atoms with E-state index in [0.29, 0.717) is 11.3 Å². The summed E-state index contributed by atoms with van der Waals surface area (Å²) < 4.78 is 3.56. The van der Waals surface area contributed by atoms with Crippen LogP contribution in [0.2, 0.25) is 0 Å². The molecule has 186 valence electrons. The zero-order valence-corrected chi connectivity index (χ0v) is 20.3. The van der Waals surface area contributed by atoms with Crippen LogP contribution in [0.4, 0.5) is 5.69 Å². The number of rotatable bonds is 5. The van der Waals surface area contributed by atoms with Crippen LogP contribution in [0.1, 0.15) is 48.0 Å². The lowest BCUT2D eigenvalue weighted by Crippen LogP contribution is -2.36. The standard InChI is InChI=1S/C26H28N6O4/c1-16-7-6-10-19(13-16)27-22(33)15-31-26(36)32-21-14-17(23(34)28-18-8-4-3-5-9-18)11-12-20(21)24(35)30(2)25(32)29-31/h6-7,10-14,18H,3-5,8-9,15H2,1-2H3,(H,27,33)(H,28,34). The maximum absolute atomic E-state index is 13.3. The van der Waals surface area contributed by atoms with Crippen molar-refractivity contribution in [2.24, 2.45) is 7.05 Å². The number of hydrogen-bond donors (Lipinski definition) is 2. The van der Waals surface area contributed by atoms with Crippen LogP contribution in [-0.4, -0.2) is 36.6 Å². The van der Waals surface area contributed by atoms with E-state index in [2.05, 4.69) is 15.7 Å². The summed E-state index contributed by atoms with van der Waals surface area (Å²) in [6.07, 6.45) is 5.25. The first kappa shape index (κ1) is 23.5. The molecule has 5 rings (SSSR count). The summed E-state index contributed by atoms with van der Waals surface area (Å²) >= 11 is 0. The molecule has 2 aromatic heterocycles. The average Bonchev–Trinajstić information content (AvgIpc) is 3.18. The number of nitrogens with zero attached hydrogens (tertiary/aromatic N) is 4. The highest BCUT2D eigenvalue weighted by Crippen LogP contribution is 2.19. The third-order valence-corrected chi connectivity index (χ3v) is 6.69. The smallest absolute Gasteiger partial charge is 0.349 e. The van der Waals surface area contributed by atoms with Gasteiger partial charge in [0.25, 0.3) is 11.5 Å². The van der Waals surface area contributed by atoms with Crippen LogP contribution >= 0.6 is 0 Å². The second kappa shape index (κ2) is 9.44. The Morgan fingerprint density at radius 2 is 1.83 bits per heavy atom. The van der Waals surface area contributed by atoms with Gasteiger partial charge < -0.3 is 10.6 Å². The van der Waals surface area contributed by atoms with Gasteiger partial charge >= 0.3 is 5.69 Å². The van der Waals surface area contributed by atoms with Crippen LogP contribution < -0.4 is 21.9 Å². The average molecular weight is 489 g/mol. The second-order valence-electron chi connectivity index (χ2n) is 9.40. The van der Waals surface area contributed by atoms with Gasteiger partial charge in [0.05, 0.1) is 10.9 Å². The van der Waals surface area contributed by atoms with Gasteiger partial charge in [-0.3, -0.25) is 19.0 Å². The molecule has 10 nitrogen and oxygen atoms in total. The lowest BCUT2D eigenvalue weighted by atomic mass is 9.95. The number of hydrogen-bond acceptors (Lipinski definition) is 5. The fraction of sp³-hybridized carbons (Fsp3) is 0.346. The summed E-state index contributed by atoms with van der Waals surface area (Å²) in [5, 5.41) is 10.4. The lowest BCUT2D eigenvalue weighted by molar-refractivity contribution is -0.117. The van der Waals surface area contributed by atoms with E-state index in [1.54, 1.807) is 24.3 Å². The van der Waals surface area contributed by atoms with Gasteiger partial charge in [0, 0.05) is 24.3 Å². The lowest BCUT2D eigenvalue weighted by Gasteiger charge is -2.22. The molecular formula is C26H28N6O4. The van der Waals surface area contributed by atoms with Crippen LogP contribution in [0, 0.1) is 6.92 Å². The molecule has 0 bridgehead atoms. The fourth-order valence-electron chi connectivity index (χ4n) is 4.81. The van der Waals surface area contributed by atoms with E-state index in [9.17, 15) is 19.2 Å². The predicted octanol–water partition coefficient (Wildman–Crippen LogP) is 2.36. The second-order valence-corrected chi connectivity index (χ2v) is 9.40. The number of benzene rings is 2. The molecule has 1 aliphatic rings. The van der Waals surface area contributed by atoms with Gasteiger partial charge in [-0.1, -0.05) is 31.4 Å². The van der Waals surface area contributed by atoms with Gasteiger partial charge in [-0.25, -0.2) is 13.9 Å². The summed E-state index contributed by atoms with van der Waals surface area (Å²) in [5.74, 6) is -0.575. The number of anilines is 1. The van der Waals surface area contributed by atoms with E-state index in [1.807, 2.05) is 25.1 Å². The topological polar surface area (TPSA) is 120 Å². The minimum absolute atomic E-state index is 0.0886. The first-order chi connectivity index (χ1) is 17.3. The van der Waals surface area contributed by atoms with E-state index in [4.69, 9.17) is 0 Å². The number of aryl methyl sites for hydroxylation is 2. The number of fused-ring (bicyclic) bond motifs is 3. The number of aromatic nitrogens is 4. The molecule has 36 heavy (non-hydrogen) atoms. The molecule has 0 saturated heterocycles. The minimum Gasteiger partial charge on any atom is -0.349 e. The molecule has 1 saturated carbocycles. The summed E-state index contributed by atoms with van der Waals surface area (Å²) in [4.78, 5) is 51.8.